The molecule has 0 bridgehead atoms. The minimum atomic E-state index is -1.39. The summed E-state index contributed by atoms with van der Waals surface area (Å²) in [5.41, 5.74) is 5.29. The van der Waals surface area contributed by atoms with Gasteiger partial charge in [0, 0.05) is 10.6 Å². The van der Waals surface area contributed by atoms with Gasteiger partial charge in [-0.05, 0) is 12.1 Å². The number of halogens is 2. The van der Waals surface area contributed by atoms with Gasteiger partial charge in [-0.3, -0.25) is 0 Å². The second-order valence-electron chi connectivity index (χ2n) is 2.14. The Bertz CT molecular complexity index is 344. The van der Waals surface area contributed by atoms with Gasteiger partial charge in [-0.25, -0.2) is 0 Å². The van der Waals surface area contributed by atoms with Crippen LogP contribution in [0.4, 0.5) is 5.69 Å². The smallest absolute Gasteiger partial charge is 0.545 e. The van der Waals surface area contributed by atoms with E-state index in [0.717, 1.165) is 0 Å². The third kappa shape index (κ3) is 2.90. The van der Waals surface area contributed by atoms with Gasteiger partial charge in [0.2, 0.25) is 0 Å². The van der Waals surface area contributed by atoms with Gasteiger partial charge in [0.1, 0.15) is 0 Å². The van der Waals surface area contributed by atoms with Crippen molar-refractivity contribution in [2.45, 2.75) is 0 Å². The number of benzene rings is 1. The van der Waals surface area contributed by atoms with E-state index in [1.54, 1.807) is 0 Å². The maximum Gasteiger partial charge on any atom is 1.00 e. The minimum absolute atomic E-state index is 0. The summed E-state index contributed by atoms with van der Waals surface area (Å²) < 4.78 is 0. The van der Waals surface area contributed by atoms with Gasteiger partial charge in [-0.2, -0.15) is 0 Å². The molecule has 0 aliphatic carbocycles. The van der Waals surface area contributed by atoms with E-state index in [1.165, 1.54) is 12.1 Å². The van der Waals surface area contributed by atoms with Crippen molar-refractivity contribution < 1.29 is 32.3 Å². The molecule has 0 heterocycles. The summed E-state index contributed by atoms with van der Waals surface area (Å²) in [7, 11) is 0. The normalized spacial score (nSPS) is 9.08. The van der Waals surface area contributed by atoms with E-state index in [-0.39, 0.29) is 43.7 Å². The van der Waals surface area contributed by atoms with Crippen LogP contribution in [0.2, 0.25) is 10.0 Å². The zero-order valence-electron chi connectivity index (χ0n) is 6.11. The predicted octanol–water partition coefficient (Wildman–Crippen LogP) is 0.937. The average Bonchev–Trinajstić information content (AvgIpc) is 1.96. The van der Waals surface area contributed by atoms with Gasteiger partial charge >= 0.3 is 22.4 Å². The van der Waals surface area contributed by atoms with Crippen LogP contribution in [-0.2, 0) is 22.4 Å². The number of carboxylic acids is 1. The Hall–Kier alpha value is -0.190. The van der Waals surface area contributed by atoms with Crippen molar-refractivity contribution in [3.8, 4) is 0 Å². The fourth-order valence-electron chi connectivity index (χ4n) is 0.759. The number of carboxylic acid groups (broad SMARTS) is 1. The van der Waals surface area contributed by atoms with Crippen LogP contribution in [-0.4, -0.2) is 5.97 Å². The molecule has 74 valence electrons. The number of anilines is 1. The van der Waals surface area contributed by atoms with Crippen molar-refractivity contribution in [3.63, 3.8) is 0 Å². The molecule has 0 aliphatic rings. The first kappa shape index (κ1) is 12.8. The summed E-state index contributed by atoms with van der Waals surface area (Å²) in [5.74, 6) is -1.39. The van der Waals surface area contributed by atoms with Crippen LogP contribution in [0, 0.1) is 0 Å². The zero-order valence-corrected chi connectivity index (χ0v) is 9.10. The minimum Gasteiger partial charge on any atom is -0.545 e. The van der Waals surface area contributed by atoms with E-state index in [1.807, 2.05) is 0 Å². The standard InChI is InChI=1S/C7H5Cl2NO2.Ag/c8-3-1-4(7(11)12)6(9)5(10)2-3;/h1-2H,10H2,(H,11,12);/q;+1/p-1. The molecule has 2 N–H and O–H groups in total. The molecule has 6 heteroatoms. The van der Waals surface area contributed by atoms with Crippen LogP contribution in [0.1, 0.15) is 10.4 Å². The molecule has 0 unspecified atom stereocenters. The third-order valence-corrected chi connectivity index (χ3v) is 1.93. The molecule has 0 saturated heterocycles. The predicted molar refractivity (Wildman–Crippen MR) is 45.2 cm³/mol. The monoisotopic (exact) mass is 311 g/mol. The third-order valence-electron chi connectivity index (χ3n) is 1.29. The molecule has 0 fully saturated rings. The maximum absolute atomic E-state index is 10.4. The topological polar surface area (TPSA) is 66.2 Å². The Morgan fingerprint density at radius 3 is 2.38 bits per heavy atom. The van der Waals surface area contributed by atoms with Gasteiger partial charge in [-0.15, -0.1) is 0 Å². The largest absolute Gasteiger partial charge is 1.00 e. The molecule has 0 aliphatic heterocycles. The summed E-state index contributed by atoms with van der Waals surface area (Å²) in [6.07, 6.45) is 0. The van der Waals surface area contributed by atoms with Crippen molar-refractivity contribution in [2.75, 3.05) is 5.73 Å². The van der Waals surface area contributed by atoms with Crippen molar-refractivity contribution in [3.05, 3.63) is 27.7 Å². The molecule has 3 nitrogen and oxygen atoms in total. The fourth-order valence-corrected chi connectivity index (χ4v) is 1.17. The molecule has 0 aromatic heterocycles. The fraction of sp³-hybridized carbons (Fsp3) is 0. The van der Waals surface area contributed by atoms with Crippen molar-refractivity contribution >= 4 is 34.9 Å². The molecule has 0 spiro atoms. The second-order valence-corrected chi connectivity index (χ2v) is 2.96. The number of aromatic carboxylic acids is 1. The number of carbonyl (C=O) groups is 1. The van der Waals surface area contributed by atoms with Crippen molar-refractivity contribution in [1.82, 2.24) is 0 Å². The number of hydrogen-bond acceptors (Lipinski definition) is 3. The Labute approximate surface area is 100 Å². The first-order valence-electron chi connectivity index (χ1n) is 2.98. The van der Waals surface area contributed by atoms with Gasteiger partial charge in [0.15, 0.2) is 0 Å². The molecule has 0 radical (unpaired) electrons. The Kier molecular flexibility index (Phi) is 4.81. The van der Waals surface area contributed by atoms with E-state index < -0.39 is 5.97 Å². The molecule has 1 aromatic rings. The van der Waals surface area contributed by atoms with Gasteiger partial charge in [-0.1, -0.05) is 23.2 Å². The zero-order chi connectivity index (χ0) is 9.30. The van der Waals surface area contributed by atoms with Crippen LogP contribution >= 0.6 is 23.2 Å². The molecule has 1 aromatic carbocycles. The number of hydrogen-bond donors (Lipinski definition) is 1. The van der Waals surface area contributed by atoms with E-state index in [2.05, 4.69) is 0 Å². The number of carbonyl (C=O) groups excluding carboxylic acids is 1. The molecule has 0 saturated carbocycles. The molecule has 1 rings (SSSR count). The quantitative estimate of drug-likeness (QED) is 0.620. The van der Waals surface area contributed by atoms with E-state index in [4.69, 9.17) is 28.9 Å². The van der Waals surface area contributed by atoms with Gasteiger partial charge < -0.3 is 15.6 Å². The molecule has 13 heavy (non-hydrogen) atoms. The van der Waals surface area contributed by atoms with E-state index >= 15 is 0 Å². The first-order valence-corrected chi connectivity index (χ1v) is 3.74. The SMILES string of the molecule is Nc1cc(Cl)cc(C(=O)[O-])c1Cl.[Ag+]. The average molecular weight is 313 g/mol. The molecular formula is C7H4AgCl2NO2. The number of nitrogen functional groups attached to an aromatic ring is 1. The molecular weight excluding hydrogens is 309 g/mol. The second kappa shape index (κ2) is 4.88. The van der Waals surface area contributed by atoms with Crippen molar-refractivity contribution in [1.29, 1.82) is 0 Å². The van der Waals surface area contributed by atoms with Crippen LogP contribution in [0.15, 0.2) is 12.1 Å². The summed E-state index contributed by atoms with van der Waals surface area (Å²) in [5, 5.41) is 10.6. The van der Waals surface area contributed by atoms with Gasteiger partial charge in [0.05, 0.1) is 16.7 Å². The summed E-state index contributed by atoms with van der Waals surface area (Å²) in [4.78, 5) is 10.4. The summed E-state index contributed by atoms with van der Waals surface area (Å²) in [6, 6.07) is 2.56. The Morgan fingerprint density at radius 2 is 1.92 bits per heavy atom. The Morgan fingerprint density at radius 1 is 1.38 bits per heavy atom. The van der Waals surface area contributed by atoms with E-state index in [0.29, 0.717) is 0 Å². The maximum atomic E-state index is 10.4. The summed E-state index contributed by atoms with van der Waals surface area (Å²) >= 11 is 11.1. The van der Waals surface area contributed by atoms with Crippen LogP contribution in [0.3, 0.4) is 0 Å². The first-order chi connectivity index (χ1) is 5.52. The van der Waals surface area contributed by atoms with Gasteiger partial charge in [0.25, 0.3) is 0 Å². The van der Waals surface area contributed by atoms with E-state index in [9.17, 15) is 9.90 Å². The number of nitrogens with two attached hydrogens (primary N) is 1. The van der Waals surface area contributed by atoms with Crippen LogP contribution < -0.4 is 10.8 Å². The summed E-state index contributed by atoms with van der Waals surface area (Å²) in [6.45, 7) is 0. The van der Waals surface area contributed by atoms with Crippen molar-refractivity contribution in [2.24, 2.45) is 0 Å². The van der Waals surface area contributed by atoms with Crippen LogP contribution in [0.25, 0.3) is 0 Å². The Balaban J connectivity index is 0.00000144. The van der Waals surface area contributed by atoms with Crippen LogP contribution in [0.5, 0.6) is 0 Å². The molecule has 0 atom stereocenters. The molecule has 0 amide bonds. The number of rotatable bonds is 1.